The van der Waals surface area contributed by atoms with E-state index in [2.05, 4.69) is 5.32 Å². The number of aryl methyl sites for hydroxylation is 1. The molecule has 2 heterocycles. The smallest absolute Gasteiger partial charge is 0.313 e. The molecule has 0 saturated carbocycles. The van der Waals surface area contributed by atoms with Crippen molar-refractivity contribution in [2.45, 2.75) is 13.0 Å². The molecule has 1 aromatic heterocycles. The number of pyridine rings is 1. The first kappa shape index (κ1) is 14.3. The lowest BCUT2D eigenvalue weighted by Crippen LogP contribution is -2.49. The number of ether oxygens (including phenoxy) is 1. The Labute approximate surface area is 115 Å². The van der Waals surface area contributed by atoms with Gasteiger partial charge in [-0.25, -0.2) is 0 Å². The summed E-state index contributed by atoms with van der Waals surface area (Å²) in [5.74, 6) is -1.50. The van der Waals surface area contributed by atoms with Gasteiger partial charge in [-0.3, -0.25) is 14.4 Å². The van der Waals surface area contributed by atoms with Crippen LogP contribution < -0.4 is 10.9 Å². The van der Waals surface area contributed by atoms with Crippen molar-refractivity contribution in [3.8, 4) is 0 Å². The number of carboxylic acids is 1. The third kappa shape index (κ3) is 2.44. The van der Waals surface area contributed by atoms with Crippen LogP contribution in [0.4, 0.5) is 0 Å². The van der Waals surface area contributed by atoms with Crippen LogP contribution in [0.3, 0.4) is 0 Å². The van der Waals surface area contributed by atoms with Gasteiger partial charge in [-0.05, 0) is 13.0 Å². The average Bonchev–Trinajstić information content (AvgIpc) is 2.75. The predicted molar refractivity (Wildman–Crippen MR) is 69.5 cm³/mol. The maximum absolute atomic E-state index is 12.1. The summed E-state index contributed by atoms with van der Waals surface area (Å²) >= 11 is 0. The van der Waals surface area contributed by atoms with Crippen molar-refractivity contribution in [1.82, 2.24) is 9.88 Å². The Morgan fingerprint density at radius 3 is 2.85 bits per heavy atom. The second kappa shape index (κ2) is 5.09. The van der Waals surface area contributed by atoms with Gasteiger partial charge in [0.05, 0.1) is 19.3 Å². The lowest BCUT2D eigenvalue weighted by atomic mass is 9.85. The van der Waals surface area contributed by atoms with Crippen LogP contribution in [0.1, 0.15) is 17.3 Å². The average molecular weight is 280 g/mol. The van der Waals surface area contributed by atoms with Crippen molar-refractivity contribution in [2.75, 3.05) is 13.2 Å². The summed E-state index contributed by atoms with van der Waals surface area (Å²) in [5.41, 5.74) is -1.26. The van der Waals surface area contributed by atoms with Crippen LogP contribution >= 0.6 is 0 Å². The van der Waals surface area contributed by atoms with E-state index >= 15 is 0 Å². The maximum atomic E-state index is 12.1. The summed E-state index contributed by atoms with van der Waals surface area (Å²) in [6.45, 7) is 1.71. The summed E-state index contributed by atoms with van der Waals surface area (Å²) in [6, 6.07) is 2.09. The minimum atomic E-state index is -1.16. The summed E-state index contributed by atoms with van der Waals surface area (Å²) in [7, 11) is 1.58. The molecule has 0 aromatic carbocycles. The van der Waals surface area contributed by atoms with E-state index in [1.807, 2.05) is 0 Å². The molecular formula is C13H16N2O5. The summed E-state index contributed by atoms with van der Waals surface area (Å²) < 4.78 is 6.50. The highest BCUT2D eigenvalue weighted by Gasteiger charge is 2.47. The molecule has 0 bridgehead atoms. The lowest BCUT2D eigenvalue weighted by Gasteiger charge is -2.25. The quantitative estimate of drug-likeness (QED) is 0.785. The number of nitrogens with zero attached hydrogens (tertiary/aromatic N) is 1. The van der Waals surface area contributed by atoms with Gasteiger partial charge in [0.1, 0.15) is 5.41 Å². The number of carboxylic acid groups (broad SMARTS) is 1. The number of carbonyl (C=O) groups is 2. The Hall–Kier alpha value is -2.15. The molecule has 20 heavy (non-hydrogen) atoms. The van der Waals surface area contributed by atoms with Crippen LogP contribution in [-0.2, 0) is 16.6 Å². The van der Waals surface area contributed by atoms with Crippen LogP contribution in [0, 0.1) is 5.41 Å². The molecule has 7 nitrogen and oxygen atoms in total. The van der Waals surface area contributed by atoms with Crippen LogP contribution in [0.25, 0.3) is 0 Å². The third-order valence-electron chi connectivity index (χ3n) is 3.62. The van der Waals surface area contributed by atoms with E-state index in [0.717, 1.165) is 0 Å². The van der Waals surface area contributed by atoms with E-state index in [1.165, 1.54) is 29.8 Å². The Morgan fingerprint density at radius 1 is 1.55 bits per heavy atom. The molecule has 108 valence electrons. The van der Waals surface area contributed by atoms with Crippen molar-refractivity contribution in [3.63, 3.8) is 0 Å². The van der Waals surface area contributed by atoms with Gasteiger partial charge in [0.2, 0.25) is 0 Å². The van der Waals surface area contributed by atoms with Gasteiger partial charge in [-0.1, -0.05) is 0 Å². The number of nitrogens with one attached hydrogen (secondary N) is 1. The van der Waals surface area contributed by atoms with Crippen molar-refractivity contribution in [2.24, 2.45) is 12.5 Å². The topological polar surface area (TPSA) is 97.6 Å². The first-order valence-electron chi connectivity index (χ1n) is 6.13. The highest BCUT2D eigenvalue weighted by Crippen LogP contribution is 2.28. The second-order valence-electron chi connectivity index (χ2n) is 5.13. The molecule has 1 amide bonds. The molecule has 1 saturated heterocycles. The van der Waals surface area contributed by atoms with Gasteiger partial charge >= 0.3 is 5.97 Å². The molecule has 0 aliphatic carbocycles. The van der Waals surface area contributed by atoms with Crippen molar-refractivity contribution < 1.29 is 19.4 Å². The molecule has 1 aromatic rings. The van der Waals surface area contributed by atoms with Crippen LogP contribution in [0.5, 0.6) is 0 Å². The number of amides is 1. The Morgan fingerprint density at radius 2 is 2.25 bits per heavy atom. The molecule has 2 atom stereocenters. The van der Waals surface area contributed by atoms with Gasteiger partial charge in [-0.15, -0.1) is 0 Å². The highest BCUT2D eigenvalue weighted by atomic mass is 16.5. The van der Waals surface area contributed by atoms with E-state index in [9.17, 15) is 19.5 Å². The summed E-state index contributed by atoms with van der Waals surface area (Å²) in [4.78, 5) is 34.8. The normalized spacial score (nSPS) is 25.4. The molecule has 0 spiro atoms. The fraction of sp³-hybridized carbons (Fsp3) is 0.462. The van der Waals surface area contributed by atoms with Gasteiger partial charge in [-0.2, -0.15) is 0 Å². The van der Waals surface area contributed by atoms with Crippen molar-refractivity contribution in [3.05, 3.63) is 34.2 Å². The molecule has 1 fully saturated rings. The number of carbonyl (C=O) groups excluding carboxylic acids is 1. The number of aliphatic carboxylic acids is 1. The van der Waals surface area contributed by atoms with Crippen molar-refractivity contribution >= 4 is 11.9 Å². The zero-order valence-electron chi connectivity index (χ0n) is 11.3. The Balaban J connectivity index is 2.17. The monoisotopic (exact) mass is 280 g/mol. The van der Waals surface area contributed by atoms with Crippen LogP contribution in [0.2, 0.25) is 0 Å². The van der Waals surface area contributed by atoms with Crippen LogP contribution in [0.15, 0.2) is 23.1 Å². The number of hydrogen-bond donors (Lipinski definition) is 2. The van der Waals surface area contributed by atoms with Crippen LogP contribution in [-0.4, -0.2) is 40.8 Å². The lowest BCUT2D eigenvalue weighted by molar-refractivity contribution is -0.148. The predicted octanol–water partition coefficient (Wildman–Crippen LogP) is -0.395. The molecule has 2 N–H and O–H groups in total. The largest absolute Gasteiger partial charge is 0.481 e. The Bertz CT molecular complexity index is 609. The van der Waals surface area contributed by atoms with E-state index in [4.69, 9.17) is 4.74 Å². The zero-order valence-corrected chi connectivity index (χ0v) is 11.3. The van der Waals surface area contributed by atoms with E-state index in [-0.39, 0.29) is 24.3 Å². The first-order chi connectivity index (χ1) is 9.34. The number of rotatable bonds is 3. The second-order valence-corrected chi connectivity index (χ2v) is 5.13. The first-order valence-corrected chi connectivity index (χ1v) is 6.13. The molecule has 1 aliphatic rings. The molecular weight excluding hydrogens is 264 g/mol. The zero-order chi connectivity index (χ0) is 14.9. The van der Waals surface area contributed by atoms with Crippen molar-refractivity contribution in [1.29, 1.82) is 0 Å². The minimum absolute atomic E-state index is 0.0455. The summed E-state index contributed by atoms with van der Waals surface area (Å²) in [5, 5.41) is 11.8. The Kier molecular flexibility index (Phi) is 3.63. The van der Waals surface area contributed by atoms with Gasteiger partial charge in [0.15, 0.2) is 0 Å². The SMILES string of the molecule is Cn1ccc(C(=O)NC2COCC2(C)C(=O)O)cc1=O. The summed E-state index contributed by atoms with van der Waals surface area (Å²) in [6.07, 6.45) is 1.48. The van der Waals surface area contributed by atoms with E-state index < -0.39 is 23.3 Å². The van der Waals surface area contributed by atoms with Gasteiger partial charge in [0, 0.05) is 24.9 Å². The van der Waals surface area contributed by atoms with Gasteiger partial charge in [0.25, 0.3) is 11.5 Å². The van der Waals surface area contributed by atoms with E-state index in [1.54, 1.807) is 7.05 Å². The molecule has 2 unspecified atom stereocenters. The number of aromatic nitrogens is 1. The molecule has 7 heteroatoms. The third-order valence-corrected chi connectivity index (χ3v) is 3.62. The molecule has 2 rings (SSSR count). The molecule has 1 aliphatic heterocycles. The maximum Gasteiger partial charge on any atom is 0.313 e. The standard InChI is InChI=1S/C13H16N2O5/c1-13(12(18)19)7-20-6-9(13)14-11(17)8-3-4-15(2)10(16)5-8/h3-5,9H,6-7H2,1-2H3,(H,14,17)(H,18,19). The molecule has 0 radical (unpaired) electrons. The van der Waals surface area contributed by atoms with E-state index in [0.29, 0.717) is 0 Å². The fourth-order valence-electron chi connectivity index (χ4n) is 2.02. The minimum Gasteiger partial charge on any atom is -0.481 e. The highest BCUT2D eigenvalue weighted by molar-refractivity contribution is 5.94. The van der Waals surface area contributed by atoms with Gasteiger partial charge < -0.3 is 19.7 Å². The number of hydrogen-bond acceptors (Lipinski definition) is 4. The fourth-order valence-corrected chi connectivity index (χ4v) is 2.02.